The van der Waals surface area contributed by atoms with Gasteiger partial charge < -0.3 is 10.1 Å². The quantitative estimate of drug-likeness (QED) is 0.589. The predicted octanol–water partition coefficient (Wildman–Crippen LogP) is 1.19. The fourth-order valence-corrected chi connectivity index (χ4v) is 1.67. The normalized spacial score (nSPS) is 10.3. The number of tetrazole rings is 1. The molecule has 1 aromatic heterocycles. The van der Waals surface area contributed by atoms with Gasteiger partial charge in [0.25, 0.3) is 5.91 Å². The van der Waals surface area contributed by atoms with Crippen LogP contribution in [-0.2, 0) is 4.74 Å². The summed E-state index contributed by atoms with van der Waals surface area (Å²) in [5.74, 6) is 0.286. The molecule has 1 aromatic carbocycles. The lowest BCUT2D eigenvalue weighted by Crippen LogP contribution is -2.27. The number of ether oxygens (including phenoxy) is 1. The molecule has 2 N–H and O–H groups in total. The molecular formula is C14H17N5O2. The Morgan fingerprint density at radius 3 is 3.05 bits per heavy atom. The van der Waals surface area contributed by atoms with Gasteiger partial charge in [0.15, 0.2) is 0 Å². The number of benzene rings is 1. The highest BCUT2D eigenvalue weighted by atomic mass is 16.5. The second-order valence-electron chi connectivity index (χ2n) is 4.58. The van der Waals surface area contributed by atoms with Gasteiger partial charge in [-0.15, -0.1) is 10.2 Å². The van der Waals surface area contributed by atoms with E-state index in [1.807, 2.05) is 13.0 Å². The van der Waals surface area contributed by atoms with E-state index in [1.54, 1.807) is 18.2 Å². The van der Waals surface area contributed by atoms with Crippen molar-refractivity contribution in [3.8, 4) is 11.4 Å². The minimum Gasteiger partial charge on any atom is -0.375 e. The third-order valence-electron chi connectivity index (χ3n) is 2.61. The molecule has 0 aliphatic rings. The summed E-state index contributed by atoms with van der Waals surface area (Å²) in [5.41, 5.74) is 2.22. The number of carbonyl (C=O) groups excluding carboxylic acids is 1. The SMILES string of the molecule is C=C(C)COCCNC(=O)c1cccc(-c2nn[nH]n2)c1. The highest BCUT2D eigenvalue weighted by Crippen LogP contribution is 2.14. The lowest BCUT2D eigenvalue weighted by atomic mass is 10.1. The molecule has 0 aliphatic heterocycles. The number of hydrogen-bond donors (Lipinski definition) is 2. The van der Waals surface area contributed by atoms with Crippen LogP contribution in [-0.4, -0.2) is 46.3 Å². The van der Waals surface area contributed by atoms with Gasteiger partial charge in [0.2, 0.25) is 5.82 Å². The second kappa shape index (κ2) is 7.30. The van der Waals surface area contributed by atoms with Crippen molar-refractivity contribution in [2.24, 2.45) is 0 Å². The van der Waals surface area contributed by atoms with Crippen LogP contribution in [0.5, 0.6) is 0 Å². The average molecular weight is 287 g/mol. The topological polar surface area (TPSA) is 92.8 Å². The molecule has 110 valence electrons. The Labute approximate surface area is 122 Å². The van der Waals surface area contributed by atoms with E-state index in [-0.39, 0.29) is 5.91 Å². The largest absolute Gasteiger partial charge is 0.375 e. The summed E-state index contributed by atoms with van der Waals surface area (Å²) in [6.45, 7) is 7.02. The van der Waals surface area contributed by atoms with Crippen LogP contribution < -0.4 is 5.32 Å². The van der Waals surface area contributed by atoms with Gasteiger partial charge in [-0.1, -0.05) is 24.3 Å². The Balaban J connectivity index is 1.88. The molecule has 0 bridgehead atoms. The molecule has 0 aliphatic carbocycles. The zero-order valence-corrected chi connectivity index (χ0v) is 11.8. The molecule has 21 heavy (non-hydrogen) atoms. The van der Waals surface area contributed by atoms with Gasteiger partial charge in [-0.05, 0) is 24.3 Å². The van der Waals surface area contributed by atoms with E-state index in [0.717, 1.165) is 11.1 Å². The molecule has 0 unspecified atom stereocenters. The van der Waals surface area contributed by atoms with Crippen molar-refractivity contribution in [3.05, 3.63) is 42.0 Å². The standard InChI is InChI=1S/C14H17N5O2/c1-10(2)9-21-7-6-15-14(20)12-5-3-4-11(8-12)13-16-18-19-17-13/h3-5,8H,1,6-7,9H2,2H3,(H,15,20)(H,16,17,18,19). The summed E-state index contributed by atoms with van der Waals surface area (Å²) in [4.78, 5) is 12.0. The van der Waals surface area contributed by atoms with Crippen molar-refractivity contribution in [2.75, 3.05) is 19.8 Å². The summed E-state index contributed by atoms with van der Waals surface area (Å²) in [7, 11) is 0. The van der Waals surface area contributed by atoms with Crippen LogP contribution >= 0.6 is 0 Å². The van der Waals surface area contributed by atoms with Crippen LogP contribution in [0.25, 0.3) is 11.4 Å². The number of nitrogens with zero attached hydrogens (tertiary/aromatic N) is 3. The number of aromatic amines is 1. The minimum atomic E-state index is -0.167. The molecule has 2 aromatic rings. The number of hydrogen-bond acceptors (Lipinski definition) is 5. The Hall–Kier alpha value is -2.54. The predicted molar refractivity (Wildman–Crippen MR) is 77.6 cm³/mol. The van der Waals surface area contributed by atoms with Gasteiger partial charge >= 0.3 is 0 Å². The molecule has 2 rings (SSSR count). The van der Waals surface area contributed by atoms with E-state index in [2.05, 4.69) is 32.5 Å². The smallest absolute Gasteiger partial charge is 0.251 e. The van der Waals surface area contributed by atoms with E-state index in [1.165, 1.54) is 0 Å². The van der Waals surface area contributed by atoms with E-state index in [9.17, 15) is 4.79 Å². The molecule has 0 spiro atoms. The summed E-state index contributed by atoms with van der Waals surface area (Å²) in [6.07, 6.45) is 0. The highest BCUT2D eigenvalue weighted by Gasteiger charge is 2.08. The van der Waals surface area contributed by atoms with Crippen molar-refractivity contribution >= 4 is 5.91 Å². The molecule has 0 saturated heterocycles. The molecule has 0 saturated carbocycles. The maximum atomic E-state index is 12.0. The second-order valence-corrected chi connectivity index (χ2v) is 4.58. The number of aromatic nitrogens is 4. The van der Waals surface area contributed by atoms with Crippen LogP contribution in [0.3, 0.4) is 0 Å². The number of H-pyrrole nitrogens is 1. The first-order chi connectivity index (χ1) is 10.2. The Bertz CT molecular complexity index is 610. The first kappa shape index (κ1) is 14.9. The summed E-state index contributed by atoms with van der Waals surface area (Å²) >= 11 is 0. The number of amides is 1. The zero-order chi connectivity index (χ0) is 15.1. The van der Waals surface area contributed by atoms with Gasteiger partial charge in [-0.3, -0.25) is 4.79 Å². The molecule has 1 amide bonds. The molecule has 7 heteroatoms. The van der Waals surface area contributed by atoms with Crippen molar-refractivity contribution in [1.29, 1.82) is 0 Å². The highest BCUT2D eigenvalue weighted by molar-refractivity contribution is 5.95. The van der Waals surface area contributed by atoms with Gasteiger partial charge in [-0.2, -0.15) is 5.21 Å². The fraction of sp³-hybridized carbons (Fsp3) is 0.286. The number of carbonyl (C=O) groups is 1. The van der Waals surface area contributed by atoms with Crippen molar-refractivity contribution < 1.29 is 9.53 Å². The number of nitrogens with one attached hydrogen (secondary N) is 2. The molecule has 0 radical (unpaired) electrons. The molecule has 7 nitrogen and oxygen atoms in total. The van der Waals surface area contributed by atoms with E-state index >= 15 is 0 Å². The first-order valence-corrected chi connectivity index (χ1v) is 6.51. The Morgan fingerprint density at radius 2 is 2.33 bits per heavy atom. The van der Waals surface area contributed by atoms with Crippen LogP contribution in [0.1, 0.15) is 17.3 Å². The van der Waals surface area contributed by atoms with Crippen molar-refractivity contribution in [3.63, 3.8) is 0 Å². The maximum absolute atomic E-state index is 12.0. The summed E-state index contributed by atoms with van der Waals surface area (Å²) < 4.78 is 5.32. The lowest BCUT2D eigenvalue weighted by molar-refractivity contribution is 0.0927. The minimum absolute atomic E-state index is 0.167. The van der Waals surface area contributed by atoms with Crippen LogP contribution in [0.2, 0.25) is 0 Å². The Kier molecular flexibility index (Phi) is 5.16. The van der Waals surface area contributed by atoms with Gasteiger partial charge in [-0.25, -0.2) is 0 Å². The van der Waals surface area contributed by atoms with E-state index in [0.29, 0.717) is 31.1 Å². The number of rotatable bonds is 7. The third-order valence-corrected chi connectivity index (χ3v) is 2.61. The third kappa shape index (κ3) is 4.50. The lowest BCUT2D eigenvalue weighted by Gasteiger charge is -2.07. The van der Waals surface area contributed by atoms with Crippen LogP contribution in [0.15, 0.2) is 36.4 Å². The monoisotopic (exact) mass is 287 g/mol. The summed E-state index contributed by atoms with van der Waals surface area (Å²) in [5, 5.41) is 16.4. The van der Waals surface area contributed by atoms with Gasteiger partial charge in [0.05, 0.1) is 13.2 Å². The van der Waals surface area contributed by atoms with Gasteiger partial charge in [0.1, 0.15) is 0 Å². The summed E-state index contributed by atoms with van der Waals surface area (Å²) in [6, 6.07) is 7.04. The maximum Gasteiger partial charge on any atom is 0.251 e. The van der Waals surface area contributed by atoms with Crippen LogP contribution in [0, 0.1) is 0 Å². The van der Waals surface area contributed by atoms with Crippen molar-refractivity contribution in [1.82, 2.24) is 25.9 Å². The average Bonchev–Trinajstić information content (AvgIpc) is 3.01. The van der Waals surface area contributed by atoms with Crippen molar-refractivity contribution in [2.45, 2.75) is 6.92 Å². The molecule has 0 atom stereocenters. The fourth-order valence-electron chi connectivity index (χ4n) is 1.67. The zero-order valence-electron chi connectivity index (χ0n) is 11.8. The molecular weight excluding hydrogens is 270 g/mol. The van der Waals surface area contributed by atoms with Gasteiger partial charge in [0, 0.05) is 17.7 Å². The molecule has 0 fully saturated rings. The first-order valence-electron chi connectivity index (χ1n) is 6.51. The van der Waals surface area contributed by atoms with Crippen LogP contribution in [0.4, 0.5) is 0 Å². The van der Waals surface area contributed by atoms with E-state index < -0.39 is 0 Å². The van der Waals surface area contributed by atoms with E-state index in [4.69, 9.17) is 4.74 Å². The molecule has 1 heterocycles. The Morgan fingerprint density at radius 1 is 1.48 bits per heavy atom.